The minimum atomic E-state index is 0.826. The largest absolute Gasteiger partial charge is 0.461 e. The third-order valence-electron chi connectivity index (χ3n) is 4.02. The third-order valence-corrected chi connectivity index (χ3v) is 4.02. The van der Waals surface area contributed by atoms with Gasteiger partial charge in [-0.3, -0.25) is 4.90 Å². The molecule has 0 atom stereocenters. The van der Waals surface area contributed by atoms with Gasteiger partial charge < -0.3 is 8.98 Å². The van der Waals surface area contributed by atoms with Crippen molar-refractivity contribution in [3.8, 4) is 11.3 Å². The summed E-state index contributed by atoms with van der Waals surface area (Å²) in [5, 5.41) is 0. The Hall–Kier alpha value is -2.33. The van der Waals surface area contributed by atoms with Crippen molar-refractivity contribution in [3.05, 3.63) is 65.9 Å². The van der Waals surface area contributed by atoms with E-state index in [-0.39, 0.29) is 0 Å². The molecule has 4 nitrogen and oxygen atoms in total. The highest BCUT2D eigenvalue weighted by molar-refractivity contribution is 5.62. The molecule has 0 aliphatic heterocycles. The van der Waals surface area contributed by atoms with Crippen LogP contribution in [0.4, 0.5) is 0 Å². The van der Waals surface area contributed by atoms with Crippen LogP contribution in [0.1, 0.15) is 24.1 Å². The Morgan fingerprint density at radius 3 is 2.70 bits per heavy atom. The van der Waals surface area contributed by atoms with E-state index in [1.54, 1.807) is 0 Å². The first kappa shape index (κ1) is 15.6. The Labute approximate surface area is 137 Å². The molecule has 0 saturated carbocycles. The van der Waals surface area contributed by atoms with Crippen LogP contribution in [-0.4, -0.2) is 21.5 Å². The molecule has 0 spiro atoms. The standard InChI is InChI=1S/C19H23N3O/c1-4-22-12-11-20-19(22)14-21(3)13-16-7-5-6-8-17(16)18-10-9-15(2)23-18/h5-12H,4,13-14H2,1-3H3. The average molecular weight is 309 g/mol. The number of benzene rings is 1. The normalized spacial score (nSPS) is 11.3. The fourth-order valence-electron chi connectivity index (χ4n) is 2.85. The summed E-state index contributed by atoms with van der Waals surface area (Å²) >= 11 is 0. The number of furan rings is 1. The second-order valence-corrected chi connectivity index (χ2v) is 5.87. The van der Waals surface area contributed by atoms with Crippen LogP contribution >= 0.6 is 0 Å². The first-order valence-corrected chi connectivity index (χ1v) is 8.00. The summed E-state index contributed by atoms with van der Waals surface area (Å²) in [4.78, 5) is 6.74. The maximum Gasteiger partial charge on any atom is 0.134 e. The van der Waals surface area contributed by atoms with Crippen molar-refractivity contribution in [2.24, 2.45) is 0 Å². The molecule has 0 unspecified atom stereocenters. The van der Waals surface area contributed by atoms with E-state index in [4.69, 9.17) is 4.42 Å². The van der Waals surface area contributed by atoms with Gasteiger partial charge >= 0.3 is 0 Å². The predicted octanol–water partition coefficient (Wildman–Crippen LogP) is 4.10. The predicted molar refractivity (Wildman–Crippen MR) is 92.0 cm³/mol. The van der Waals surface area contributed by atoms with Crippen molar-refractivity contribution < 1.29 is 4.42 Å². The molecule has 0 aliphatic rings. The number of hydrogen-bond acceptors (Lipinski definition) is 3. The van der Waals surface area contributed by atoms with Crippen LogP contribution < -0.4 is 0 Å². The van der Waals surface area contributed by atoms with Gasteiger partial charge in [-0.25, -0.2) is 4.98 Å². The summed E-state index contributed by atoms with van der Waals surface area (Å²) in [7, 11) is 2.12. The number of aryl methyl sites for hydroxylation is 2. The quantitative estimate of drug-likeness (QED) is 0.687. The van der Waals surface area contributed by atoms with Gasteiger partial charge in [0.25, 0.3) is 0 Å². The maximum atomic E-state index is 5.80. The lowest BCUT2D eigenvalue weighted by Gasteiger charge is -2.18. The zero-order chi connectivity index (χ0) is 16.2. The third kappa shape index (κ3) is 3.54. The molecule has 4 heteroatoms. The molecule has 2 heterocycles. The Kier molecular flexibility index (Phi) is 4.63. The molecular weight excluding hydrogens is 286 g/mol. The summed E-state index contributed by atoms with van der Waals surface area (Å²) in [5.74, 6) is 2.97. The molecule has 0 N–H and O–H groups in total. The SMILES string of the molecule is CCn1ccnc1CN(C)Cc1ccccc1-c1ccc(C)o1. The molecule has 0 radical (unpaired) electrons. The molecule has 3 aromatic rings. The van der Waals surface area contributed by atoms with Crippen molar-refractivity contribution in [1.29, 1.82) is 0 Å². The fraction of sp³-hybridized carbons (Fsp3) is 0.316. The van der Waals surface area contributed by atoms with Crippen LogP contribution in [-0.2, 0) is 19.6 Å². The molecule has 120 valence electrons. The van der Waals surface area contributed by atoms with E-state index in [1.807, 2.05) is 31.5 Å². The first-order valence-electron chi connectivity index (χ1n) is 8.00. The van der Waals surface area contributed by atoms with Gasteiger partial charge in [-0.15, -0.1) is 0 Å². The molecule has 0 bridgehead atoms. The van der Waals surface area contributed by atoms with Crippen molar-refractivity contribution in [2.45, 2.75) is 33.5 Å². The van der Waals surface area contributed by atoms with Crippen LogP contribution in [0.5, 0.6) is 0 Å². The van der Waals surface area contributed by atoms with Gasteiger partial charge in [0, 0.05) is 31.0 Å². The molecule has 0 amide bonds. The Bertz CT molecular complexity index is 772. The fourth-order valence-corrected chi connectivity index (χ4v) is 2.85. The van der Waals surface area contributed by atoms with E-state index in [2.05, 4.69) is 52.7 Å². The zero-order valence-corrected chi connectivity index (χ0v) is 14.0. The number of rotatable bonds is 6. The molecule has 3 rings (SSSR count). The van der Waals surface area contributed by atoms with Gasteiger partial charge in [0.2, 0.25) is 0 Å². The van der Waals surface area contributed by atoms with Gasteiger partial charge in [-0.1, -0.05) is 24.3 Å². The van der Waals surface area contributed by atoms with E-state index >= 15 is 0 Å². The molecule has 0 aliphatic carbocycles. The van der Waals surface area contributed by atoms with Crippen LogP contribution in [0.25, 0.3) is 11.3 Å². The summed E-state index contributed by atoms with van der Waals surface area (Å²) in [6, 6.07) is 12.5. The Balaban J connectivity index is 1.77. The highest BCUT2D eigenvalue weighted by atomic mass is 16.3. The van der Waals surface area contributed by atoms with Crippen molar-refractivity contribution in [1.82, 2.24) is 14.5 Å². The van der Waals surface area contributed by atoms with Gasteiger partial charge in [-0.2, -0.15) is 0 Å². The average Bonchev–Trinajstić information content (AvgIpc) is 3.16. The van der Waals surface area contributed by atoms with Crippen LogP contribution in [0.15, 0.2) is 53.2 Å². The summed E-state index contributed by atoms with van der Waals surface area (Å²) < 4.78 is 7.98. The number of hydrogen-bond donors (Lipinski definition) is 0. The molecule has 1 aromatic carbocycles. The van der Waals surface area contributed by atoms with Gasteiger partial charge in [0.05, 0.1) is 6.54 Å². The molecule has 0 saturated heterocycles. The minimum Gasteiger partial charge on any atom is -0.461 e. The minimum absolute atomic E-state index is 0.826. The highest BCUT2D eigenvalue weighted by Crippen LogP contribution is 2.26. The Morgan fingerprint density at radius 2 is 1.96 bits per heavy atom. The lowest BCUT2D eigenvalue weighted by molar-refractivity contribution is 0.305. The zero-order valence-electron chi connectivity index (χ0n) is 14.0. The lowest BCUT2D eigenvalue weighted by atomic mass is 10.0. The lowest BCUT2D eigenvalue weighted by Crippen LogP contribution is -2.20. The van der Waals surface area contributed by atoms with E-state index in [9.17, 15) is 0 Å². The molecule has 2 aromatic heterocycles. The molecule has 23 heavy (non-hydrogen) atoms. The van der Waals surface area contributed by atoms with Gasteiger partial charge in [0.1, 0.15) is 17.3 Å². The van der Waals surface area contributed by atoms with E-state index in [0.29, 0.717) is 0 Å². The monoisotopic (exact) mass is 309 g/mol. The second kappa shape index (κ2) is 6.84. The molecule has 0 fully saturated rings. The summed E-state index contributed by atoms with van der Waals surface area (Å²) in [5.41, 5.74) is 2.42. The molecular formula is C19H23N3O. The van der Waals surface area contributed by atoms with Crippen molar-refractivity contribution in [3.63, 3.8) is 0 Å². The van der Waals surface area contributed by atoms with Crippen LogP contribution in [0, 0.1) is 6.92 Å². The number of imidazole rings is 1. The summed E-state index contributed by atoms with van der Waals surface area (Å²) in [6.45, 7) is 6.74. The second-order valence-electron chi connectivity index (χ2n) is 5.87. The van der Waals surface area contributed by atoms with Crippen molar-refractivity contribution >= 4 is 0 Å². The Morgan fingerprint density at radius 1 is 1.13 bits per heavy atom. The highest BCUT2D eigenvalue weighted by Gasteiger charge is 2.12. The maximum absolute atomic E-state index is 5.80. The topological polar surface area (TPSA) is 34.2 Å². The van der Waals surface area contributed by atoms with E-state index in [0.717, 1.165) is 42.5 Å². The van der Waals surface area contributed by atoms with Crippen molar-refractivity contribution in [2.75, 3.05) is 7.05 Å². The van der Waals surface area contributed by atoms with E-state index < -0.39 is 0 Å². The van der Waals surface area contributed by atoms with Gasteiger partial charge in [0.15, 0.2) is 0 Å². The van der Waals surface area contributed by atoms with Crippen LogP contribution in [0.3, 0.4) is 0 Å². The smallest absolute Gasteiger partial charge is 0.134 e. The van der Waals surface area contributed by atoms with E-state index in [1.165, 1.54) is 5.56 Å². The number of nitrogens with zero attached hydrogens (tertiary/aromatic N) is 3. The first-order chi connectivity index (χ1) is 11.2. The van der Waals surface area contributed by atoms with Crippen LogP contribution in [0.2, 0.25) is 0 Å². The number of aromatic nitrogens is 2. The van der Waals surface area contributed by atoms with Gasteiger partial charge in [-0.05, 0) is 38.6 Å². The summed E-state index contributed by atoms with van der Waals surface area (Å²) in [6.07, 6.45) is 3.90.